The van der Waals surface area contributed by atoms with Gasteiger partial charge in [-0.3, -0.25) is 4.79 Å². The zero-order valence-electron chi connectivity index (χ0n) is 15.3. The van der Waals surface area contributed by atoms with E-state index in [4.69, 9.17) is 9.47 Å². The molecule has 0 spiro atoms. The minimum absolute atomic E-state index is 0.356. The van der Waals surface area contributed by atoms with Crippen molar-refractivity contribution in [3.63, 3.8) is 0 Å². The van der Waals surface area contributed by atoms with Crippen LogP contribution in [0.1, 0.15) is 52.7 Å². The first kappa shape index (κ1) is 19.7. The second kappa shape index (κ2) is 8.48. The van der Waals surface area contributed by atoms with Crippen LogP contribution in [0.4, 0.5) is 0 Å². The van der Waals surface area contributed by atoms with Crippen LogP contribution in [0.25, 0.3) is 6.08 Å². The number of benzene rings is 1. The summed E-state index contributed by atoms with van der Waals surface area (Å²) in [5, 5.41) is 0. The van der Waals surface area contributed by atoms with E-state index in [1.165, 1.54) is 18.6 Å². The van der Waals surface area contributed by atoms with Gasteiger partial charge >= 0.3 is 11.9 Å². The highest BCUT2D eigenvalue weighted by atomic mass is 16.6. The van der Waals surface area contributed by atoms with Crippen molar-refractivity contribution in [2.24, 2.45) is 0 Å². The van der Waals surface area contributed by atoms with Gasteiger partial charge < -0.3 is 9.47 Å². The van der Waals surface area contributed by atoms with Gasteiger partial charge in [0.25, 0.3) is 0 Å². The van der Waals surface area contributed by atoms with Crippen LogP contribution in [-0.2, 0) is 20.7 Å². The van der Waals surface area contributed by atoms with Gasteiger partial charge in [0.15, 0.2) is 0 Å². The maximum atomic E-state index is 11.8. The van der Waals surface area contributed by atoms with Gasteiger partial charge in [0.1, 0.15) is 11.4 Å². The molecule has 0 aromatic heterocycles. The predicted octanol–water partition coefficient (Wildman–Crippen LogP) is 4.48. The van der Waals surface area contributed by atoms with Crippen LogP contribution in [-0.4, -0.2) is 17.5 Å². The highest BCUT2D eigenvalue weighted by Crippen LogP contribution is 2.23. The molecular weight excluding hydrogens is 304 g/mol. The Labute approximate surface area is 144 Å². The van der Waals surface area contributed by atoms with E-state index in [0.717, 1.165) is 11.1 Å². The number of esters is 2. The lowest BCUT2D eigenvalue weighted by molar-refractivity contribution is -0.148. The number of rotatable bonds is 5. The summed E-state index contributed by atoms with van der Waals surface area (Å²) in [4.78, 5) is 23.0. The largest absolute Gasteiger partial charge is 0.457 e. The molecule has 4 nitrogen and oxygen atoms in total. The summed E-state index contributed by atoms with van der Waals surface area (Å²) in [6.45, 7) is 10.9. The molecule has 0 radical (unpaired) electrons. The van der Waals surface area contributed by atoms with E-state index in [0.29, 0.717) is 12.2 Å². The molecule has 0 saturated heterocycles. The molecule has 1 rings (SSSR count). The Balaban J connectivity index is 3.00. The fourth-order valence-electron chi connectivity index (χ4n) is 1.93. The fourth-order valence-corrected chi connectivity index (χ4v) is 1.93. The number of hydrogen-bond donors (Lipinski definition) is 0. The first-order valence-corrected chi connectivity index (χ1v) is 7.92. The Morgan fingerprint density at radius 2 is 1.79 bits per heavy atom. The Hall–Kier alpha value is -2.36. The van der Waals surface area contributed by atoms with Crippen LogP contribution < -0.4 is 4.74 Å². The third-order valence-electron chi connectivity index (χ3n) is 2.89. The fraction of sp³-hybridized carbons (Fsp3) is 0.400. The summed E-state index contributed by atoms with van der Waals surface area (Å²) in [5.41, 5.74) is 2.39. The summed E-state index contributed by atoms with van der Waals surface area (Å²) < 4.78 is 10.5. The van der Waals surface area contributed by atoms with E-state index < -0.39 is 11.6 Å². The monoisotopic (exact) mass is 330 g/mol. The SMILES string of the molecule is CC(=O)Oc1ccc(/C=C/C(=O)OC(C)(C)C)cc1CC=C(C)C. The Kier molecular flexibility index (Phi) is 6.96. The molecule has 0 aliphatic heterocycles. The van der Waals surface area contributed by atoms with Crippen LogP contribution in [0.2, 0.25) is 0 Å². The summed E-state index contributed by atoms with van der Waals surface area (Å²) in [5.74, 6) is -0.211. The van der Waals surface area contributed by atoms with Crippen molar-refractivity contribution in [2.75, 3.05) is 0 Å². The van der Waals surface area contributed by atoms with Gasteiger partial charge in [-0.15, -0.1) is 0 Å². The first-order valence-electron chi connectivity index (χ1n) is 7.92. The smallest absolute Gasteiger partial charge is 0.331 e. The lowest BCUT2D eigenvalue weighted by Crippen LogP contribution is -2.22. The van der Waals surface area contributed by atoms with Crippen molar-refractivity contribution >= 4 is 18.0 Å². The molecule has 0 amide bonds. The average molecular weight is 330 g/mol. The molecule has 0 N–H and O–H groups in total. The molecule has 0 bridgehead atoms. The number of carbonyl (C=O) groups excluding carboxylic acids is 2. The third-order valence-corrected chi connectivity index (χ3v) is 2.89. The maximum Gasteiger partial charge on any atom is 0.331 e. The lowest BCUT2D eigenvalue weighted by Gasteiger charge is -2.17. The number of allylic oxidation sites excluding steroid dienone is 2. The standard InChI is InChI=1S/C20H26O4/c1-14(2)7-10-17-13-16(8-11-18(17)23-15(3)21)9-12-19(22)24-20(4,5)6/h7-9,11-13H,10H2,1-6H3/b12-9+. The van der Waals surface area contributed by atoms with E-state index in [2.05, 4.69) is 6.08 Å². The topological polar surface area (TPSA) is 52.6 Å². The van der Waals surface area contributed by atoms with Crippen LogP contribution in [0.15, 0.2) is 35.9 Å². The zero-order valence-corrected chi connectivity index (χ0v) is 15.3. The molecule has 0 fully saturated rings. The lowest BCUT2D eigenvalue weighted by atomic mass is 10.0. The van der Waals surface area contributed by atoms with Crippen molar-refractivity contribution in [1.29, 1.82) is 0 Å². The molecule has 1 aromatic carbocycles. The number of carbonyl (C=O) groups is 2. The van der Waals surface area contributed by atoms with E-state index in [9.17, 15) is 9.59 Å². The van der Waals surface area contributed by atoms with Crippen molar-refractivity contribution in [2.45, 2.75) is 53.6 Å². The number of ether oxygens (including phenoxy) is 2. The normalized spacial score (nSPS) is 11.2. The zero-order chi connectivity index (χ0) is 18.3. The molecule has 0 aliphatic carbocycles. The molecule has 0 unspecified atom stereocenters. The van der Waals surface area contributed by atoms with Crippen molar-refractivity contribution in [1.82, 2.24) is 0 Å². The van der Waals surface area contributed by atoms with Gasteiger partial charge in [0, 0.05) is 13.0 Å². The second-order valence-corrected chi connectivity index (χ2v) is 6.81. The molecule has 0 atom stereocenters. The van der Waals surface area contributed by atoms with Crippen LogP contribution >= 0.6 is 0 Å². The van der Waals surface area contributed by atoms with Gasteiger partial charge in [-0.2, -0.15) is 0 Å². The van der Waals surface area contributed by atoms with Gasteiger partial charge in [0.05, 0.1) is 0 Å². The first-order chi connectivity index (χ1) is 11.1. The summed E-state index contributed by atoms with van der Waals surface area (Å²) in [7, 11) is 0. The maximum absolute atomic E-state index is 11.8. The molecule has 0 heterocycles. The summed E-state index contributed by atoms with van der Waals surface area (Å²) in [6, 6.07) is 5.44. The Morgan fingerprint density at radius 3 is 2.33 bits per heavy atom. The predicted molar refractivity (Wildman–Crippen MR) is 95.8 cm³/mol. The Morgan fingerprint density at radius 1 is 1.12 bits per heavy atom. The third kappa shape index (κ3) is 7.77. The van der Waals surface area contributed by atoms with E-state index in [-0.39, 0.29) is 5.97 Å². The van der Waals surface area contributed by atoms with Crippen LogP contribution in [0.5, 0.6) is 5.75 Å². The van der Waals surface area contributed by atoms with E-state index >= 15 is 0 Å². The molecule has 0 saturated carbocycles. The van der Waals surface area contributed by atoms with Gasteiger partial charge in [-0.1, -0.05) is 17.7 Å². The van der Waals surface area contributed by atoms with Crippen molar-refractivity contribution in [3.05, 3.63) is 47.1 Å². The van der Waals surface area contributed by atoms with Crippen LogP contribution in [0.3, 0.4) is 0 Å². The van der Waals surface area contributed by atoms with Gasteiger partial charge in [0.2, 0.25) is 0 Å². The average Bonchev–Trinajstić information content (AvgIpc) is 2.42. The molecule has 24 heavy (non-hydrogen) atoms. The highest BCUT2D eigenvalue weighted by Gasteiger charge is 2.14. The second-order valence-electron chi connectivity index (χ2n) is 6.81. The minimum Gasteiger partial charge on any atom is -0.457 e. The Bertz CT molecular complexity index is 657. The molecule has 130 valence electrons. The highest BCUT2D eigenvalue weighted by molar-refractivity contribution is 5.87. The van der Waals surface area contributed by atoms with Crippen molar-refractivity contribution in [3.8, 4) is 5.75 Å². The minimum atomic E-state index is -0.519. The molecule has 0 aliphatic rings. The molecule has 1 aromatic rings. The molecular formula is C20H26O4. The summed E-state index contributed by atoms with van der Waals surface area (Å²) in [6.07, 6.45) is 5.80. The molecule has 4 heteroatoms. The van der Waals surface area contributed by atoms with E-state index in [1.54, 1.807) is 18.2 Å². The quantitative estimate of drug-likeness (QED) is 0.346. The summed E-state index contributed by atoms with van der Waals surface area (Å²) >= 11 is 0. The number of hydrogen-bond acceptors (Lipinski definition) is 4. The van der Waals surface area contributed by atoms with Crippen LogP contribution in [0, 0.1) is 0 Å². The van der Waals surface area contributed by atoms with E-state index in [1.807, 2.05) is 40.7 Å². The van der Waals surface area contributed by atoms with Gasteiger partial charge in [-0.05, 0) is 70.4 Å². The van der Waals surface area contributed by atoms with Crippen molar-refractivity contribution < 1.29 is 19.1 Å². The van der Waals surface area contributed by atoms with Gasteiger partial charge in [-0.25, -0.2) is 4.79 Å².